The standard InChI is InChI=1S/C29H31F3/c1-20(23-5-3-2-4-6-23)17-27-28(31)18-22(19-29(27)32)8-7-21-9-11-24(12-10-21)25-13-15-26(30)16-14-25/h2-6,13-16,18-21,24H,7-12,17H2,1H3. The van der Waals surface area contributed by atoms with Crippen molar-refractivity contribution in [3.8, 4) is 0 Å². The lowest BCUT2D eigenvalue weighted by Crippen LogP contribution is -2.14. The van der Waals surface area contributed by atoms with E-state index in [1.807, 2.05) is 49.4 Å². The van der Waals surface area contributed by atoms with Gasteiger partial charge in [-0.05, 0) is 104 Å². The van der Waals surface area contributed by atoms with E-state index in [0.717, 1.165) is 43.2 Å². The monoisotopic (exact) mass is 436 g/mol. The van der Waals surface area contributed by atoms with Crippen molar-refractivity contribution in [2.24, 2.45) is 5.92 Å². The van der Waals surface area contributed by atoms with E-state index in [1.54, 1.807) is 0 Å². The summed E-state index contributed by atoms with van der Waals surface area (Å²) in [5.41, 5.74) is 3.24. The second kappa shape index (κ2) is 10.4. The molecule has 168 valence electrons. The maximum absolute atomic E-state index is 14.8. The molecule has 0 N–H and O–H groups in total. The molecule has 1 saturated carbocycles. The minimum atomic E-state index is -0.428. The first-order chi connectivity index (χ1) is 15.5. The van der Waals surface area contributed by atoms with Gasteiger partial charge >= 0.3 is 0 Å². The molecule has 32 heavy (non-hydrogen) atoms. The van der Waals surface area contributed by atoms with E-state index in [1.165, 1.54) is 29.8 Å². The zero-order valence-electron chi connectivity index (χ0n) is 18.7. The number of benzene rings is 3. The third-order valence-electron chi connectivity index (χ3n) is 7.11. The van der Waals surface area contributed by atoms with Gasteiger partial charge in [-0.3, -0.25) is 0 Å². The predicted octanol–water partition coefficient (Wildman–Crippen LogP) is 8.36. The van der Waals surface area contributed by atoms with Crippen molar-refractivity contribution >= 4 is 0 Å². The maximum atomic E-state index is 14.8. The fourth-order valence-electron chi connectivity index (χ4n) is 5.09. The van der Waals surface area contributed by atoms with E-state index in [2.05, 4.69) is 0 Å². The van der Waals surface area contributed by atoms with Crippen LogP contribution in [0.2, 0.25) is 0 Å². The first-order valence-electron chi connectivity index (χ1n) is 11.8. The molecule has 3 heteroatoms. The summed E-state index contributed by atoms with van der Waals surface area (Å²) in [5.74, 6) is 0.0820. The normalized spacial score (nSPS) is 19.6. The lowest BCUT2D eigenvalue weighted by atomic mass is 9.77. The molecule has 0 amide bonds. The lowest BCUT2D eigenvalue weighted by Gasteiger charge is -2.29. The van der Waals surface area contributed by atoms with Crippen LogP contribution in [0, 0.1) is 23.4 Å². The van der Waals surface area contributed by atoms with Crippen molar-refractivity contribution < 1.29 is 13.2 Å². The van der Waals surface area contributed by atoms with Crippen LogP contribution in [-0.4, -0.2) is 0 Å². The topological polar surface area (TPSA) is 0 Å². The fourth-order valence-corrected chi connectivity index (χ4v) is 5.09. The summed E-state index contributed by atoms with van der Waals surface area (Å²) in [6.07, 6.45) is 6.42. The Morgan fingerprint density at radius 3 is 2.06 bits per heavy atom. The molecular weight excluding hydrogens is 405 g/mol. The minimum absolute atomic E-state index is 0.0577. The molecule has 0 bridgehead atoms. The highest BCUT2D eigenvalue weighted by Crippen LogP contribution is 2.37. The Balaban J connectivity index is 1.31. The van der Waals surface area contributed by atoms with Gasteiger partial charge in [0.1, 0.15) is 17.5 Å². The number of hydrogen-bond donors (Lipinski definition) is 0. The second-order valence-corrected chi connectivity index (χ2v) is 9.36. The molecule has 1 aliphatic rings. The van der Waals surface area contributed by atoms with Gasteiger partial charge in [-0.2, -0.15) is 0 Å². The number of halogens is 3. The Morgan fingerprint density at radius 1 is 0.812 bits per heavy atom. The molecular formula is C29H31F3. The highest BCUT2D eigenvalue weighted by molar-refractivity contribution is 5.29. The van der Waals surface area contributed by atoms with Gasteiger partial charge in [-0.15, -0.1) is 0 Å². The molecule has 1 atom stereocenters. The predicted molar refractivity (Wildman–Crippen MR) is 124 cm³/mol. The SMILES string of the molecule is CC(Cc1c(F)cc(CCC2CCC(c3ccc(F)cc3)CC2)cc1F)c1ccccc1. The van der Waals surface area contributed by atoms with Crippen molar-refractivity contribution in [2.75, 3.05) is 0 Å². The van der Waals surface area contributed by atoms with Gasteiger partial charge in [-0.25, -0.2) is 13.2 Å². The molecule has 0 heterocycles. The van der Waals surface area contributed by atoms with Crippen LogP contribution in [0.1, 0.15) is 73.1 Å². The van der Waals surface area contributed by atoms with Crippen molar-refractivity contribution in [3.63, 3.8) is 0 Å². The Kier molecular flexibility index (Phi) is 7.34. The van der Waals surface area contributed by atoms with Crippen LogP contribution in [0.4, 0.5) is 13.2 Å². The molecule has 0 aromatic heterocycles. The lowest BCUT2D eigenvalue weighted by molar-refractivity contribution is 0.310. The molecule has 0 radical (unpaired) electrons. The van der Waals surface area contributed by atoms with Crippen molar-refractivity contribution in [3.05, 3.63) is 106 Å². The smallest absolute Gasteiger partial charge is 0.129 e. The Hall–Kier alpha value is -2.55. The summed E-state index contributed by atoms with van der Waals surface area (Å²) < 4.78 is 42.7. The van der Waals surface area contributed by atoms with Gasteiger partial charge in [0.05, 0.1) is 0 Å². The second-order valence-electron chi connectivity index (χ2n) is 9.36. The number of aryl methyl sites for hydroxylation is 1. The summed E-state index contributed by atoms with van der Waals surface area (Å²) in [7, 11) is 0. The zero-order chi connectivity index (χ0) is 22.5. The van der Waals surface area contributed by atoms with Gasteiger partial charge in [0, 0.05) is 5.56 Å². The molecule has 1 fully saturated rings. The summed E-state index contributed by atoms with van der Waals surface area (Å²) in [6.45, 7) is 2.00. The molecule has 0 aliphatic heterocycles. The van der Waals surface area contributed by atoms with Crippen LogP contribution in [0.15, 0.2) is 66.7 Å². The van der Waals surface area contributed by atoms with Crippen LogP contribution in [0.3, 0.4) is 0 Å². The largest absolute Gasteiger partial charge is 0.207 e. The Morgan fingerprint density at radius 2 is 1.44 bits per heavy atom. The Bertz CT molecular complexity index is 979. The first kappa shape index (κ1) is 22.6. The van der Waals surface area contributed by atoms with Gasteiger partial charge in [-0.1, -0.05) is 49.4 Å². The molecule has 0 saturated heterocycles. The zero-order valence-corrected chi connectivity index (χ0v) is 18.7. The van der Waals surface area contributed by atoms with E-state index in [0.29, 0.717) is 24.7 Å². The van der Waals surface area contributed by atoms with E-state index in [-0.39, 0.29) is 17.3 Å². The molecule has 4 rings (SSSR count). The van der Waals surface area contributed by atoms with Crippen LogP contribution in [0.25, 0.3) is 0 Å². The molecule has 0 nitrogen and oxygen atoms in total. The molecule has 3 aromatic rings. The first-order valence-corrected chi connectivity index (χ1v) is 11.8. The summed E-state index contributed by atoms with van der Waals surface area (Å²) >= 11 is 0. The highest BCUT2D eigenvalue weighted by Gasteiger charge is 2.23. The molecule has 1 unspecified atom stereocenters. The van der Waals surface area contributed by atoms with E-state index in [9.17, 15) is 13.2 Å². The Labute approximate surface area is 189 Å². The maximum Gasteiger partial charge on any atom is 0.129 e. The third-order valence-corrected chi connectivity index (χ3v) is 7.11. The molecule has 0 spiro atoms. The van der Waals surface area contributed by atoms with E-state index < -0.39 is 11.6 Å². The minimum Gasteiger partial charge on any atom is -0.207 e. The molecule has 1 aliphatic carbocycles. The van der Waals surface area contributed by atoms with Gasteiger partial charge in [0.15, 0.2) is 0 Å². The van der Waals surface area contributed by atoms with Crippen LogP contribution in [0.5, 0.6) is 0 Å². The summed E-state index contributed by atoms with van der Waals surface area (Å²) in [6, 6.07) is 19.8. The summed E-state index contributed by atoms with van der Waals surface area (Å²) in [5, 5.41) is 0. The van der Waals surface area contributed by atoms with Crippen LogP contribution < -0.4 is 0 Å². The number of hydrogen-bond acceptors (Lipinski definition) is 0. The third kappa shape index (κ3) is 5.62. The average Bonchev–Trinajstić information content (AvgIpc) is 2.81. The van der Waals surface area contributed by atoms with E-state index >= 15 is 0 Å². The highest BCUT2D eigenvalue weighted by atomic mass is 19.1. The molecule has 3 aromatic carbocycles. The van der Waals surface area contributed by atoms with Crippen LogP contribution in [-0.2, 0) is 12.8 Å². The fraction of sp³-hybridized carbons (Fsp3) is 0.379. The van der Waals surface area contributed by atoms with Gasteiger partial charge in [0.2, 0.25) is 0 Å². The van der Waals surface area contributed by atoms with Gasteiger partial charge in [0.25, 0.3) is 0 Å². The van der Waals surface area contributed by atoms with Crippen LogP contribution >= 0.6 is 0 Å². The quantitative estimate of drug-likeness (QED) is 0.349. The summed E-state index contributed by atoms with van der Waals surface area (Å²) in [4.78, 5) is 0. The average molecular weight is 437 g/mol. The van der Waals surface area contributed by atoms with Crippen molar-refractivity contribution in [2.45, 2.75) is 63.7 Å². The van der Waals surface area contributed by atoms with Crippen molar-refractivity contribution in [1.82, 2.24) is 0 Å². The van der Waals surface area contributed by atoms with Gasteiger partial charge < -0.3 is 0 Å². The van der Waals surface area contributed by atoms with E-state index in [4.69, 9.17) is 0 Å². The van der Waals surface area contributed by atoms with Crippen molar-refractivity contribution in [1.29, 1.82) is 0 Å². The number of rotatable bonds is 7.